The third kappa shape index (κ3) is 6.15. The van der Waals surface area contributed by atoms with Crippen LogP contribution in [0, 0.1) is 25.2 Å². The van der Waals surface area contributed by atoms with Crippen LogP contribution in [0.25, 0.3) is 0 Å². The average Bonchev–Trinajstić information content (AvgIpc) is 2.65. The fourth-order valence-electron chi connectivity index (χ4n) is 2.74. The minimum Gasteiger partial charge on any atom is -0.353 e. The maximum Gasteiger partial charge on any atom is 0.319 e. The van der Waals surface area contributed by atoms with Crippen molar-refractivity contribution in [2.45, 2.75) is 32.7 Å². The SMILES string of the molecule is Cc1cccc(C)c1NC(=O)NC(Cc1ccccc1)C(=O)NCCC#N. The van der Waals surface area contributed by atoms with Crippen molar-refractivity contribution in [1.29, 1.82) is 5.26 Å². The Morgan fingerprint density at radius 3 is 2.33 bits per heavy atom. The number of amides is 3. The zero-order valence-corrected chi connectivity index (χ0v) is 15.6. The average molecular weight is 364 g/mol. The summed E-state index contributed by atoms with van der Waals surface area (Å²) in [6.45, 7) is 4.08. The first kappa shape index (κ1) is 20.0. The molecule has 0 bridgehead atoms. The highest BCUT2D eigenvalue weighted by molar-refractivity contribution is 5.94. The van der Waals surface area contributed by atoms with Crippen LogP contribution in [0.5, 0.6) is 0 Å². The van der Waals surface area contributed by atoms with Gasteiger partial charge < -0.3 is 16.0 Å². The van der Waals surface area contributed by atoms with Crippen LogP contribution >= 0.6 is 0 Å². The number of anilines is 1. The van der Waals surface area contributed by atoms with Crippen LogP contribution in [-0.2, 0) is 11.2 Å². The quantitative estimate of drug-likeness (QED) is 0.659. The van der Waals surface area contributed by atoms with Crippen molar-refractivity contribution in [2.24, 2.45) is 0 Å². The molecule has 0 saturated heterocycles. The van der Waals surface area contributed by atoms with E-state index in [1.54, 1.807) is 0 Å². The molecule has 6 nitrogen and oxygen atoms in total. The number of urea groups is 1. The molecule has 0 saturated carbocycles. The number of nitriles is 1. The largest absolute Gasteiger partial charge is 0.353 e. The Kier molecular flexibility index (Phi) is 7.38. The molecule has 0 heterocycles. The van der Waals surface area contributed by atoms with E-state index < -0.39 is 12.1 Å². The standard InChI is InChI=1S/C21H24N4O2/c1-15-8-6-9-16(2)19(15)25-21(27)24-18(20(26)23-13-7-12-22)14-17-10-4-3-5-11-17/h3-6,8-11,18H,7,13-14H2,1-2H3,(H,23,26)(H2,24,25,27). The summed E-state index contributed by atoms with van der Waals surface area (Å²) in [6.07, 6.45) is 0.581. The summed E-state index contributed by atoms with van der Waals surface area (Å²) >= 11 is 0. The second-order valence-electron chi connectivity index (χ2n) is 6.31. The molecule has 27 heavy (non-hydrogen) atoms. The minimum atomic E-state index is -0.740. The van der Waals surface area contributed by atoms with E-state index in [0.29, 0.717) is 6.42 Å². The minimum absolute atomic E-state index is 0.221. The molecule has 2 aromatic rings. The molecular formula is C21H24N4O2. The van der Waals surface area contributed by atoms with Crippen LogP contribution in [0.1, 0.15) is 23.1 Å². The van der Waals surface area contributed by atoms with Gasteiger partial charge in [0, 0.05) is 18.7 Å². The van der Waals surface area contributed by atoms with Gasteiger partial charge in [0.15, 0.2) is 0 Å². The van der Waals surface area contributed by atoms with Gasteiger partial charge in [0.25, 0.3) is 0 Å². The van der Waals surface area contributed by atoms with Gasteiger partial charge in [-0.05, 0) is 30.5 Å². The van der Waals surface area contributed by atoms with Crippen molar-refractivity contribution in [1.82, 2.24) is 10.6 Å². The number of nitrogens with one attached hydrogen (secondary N) is 3. The number of nitrogens with zero attached hydrogens (tertiary/aromatic N) is 1. The van der Waals surface area contributed by atoms with Crippen LogP contribution in [0.15, 0.2) is 48.5 Å². The van der Waals surface area contributed by atoms with Crippen molar-refractivity contribution >= 4 is 17.6 Å². The molecule has 0 radical (unpaired) electrons. The fourth-order valence-corrected chi connectivity index (χ4v) is 2.74. The van der Waals surface area contributed by atoms with E-state index in [4.69, 9.17) is 5.26 Å². The van der Waals surface area contributed by atoms with Crippen molar-refractivity contribution in [3.8, 4) is 6.07 Å². The smallest absolute Gasteiger partial charge is 0.319 e. The number of carbonyl (C=O) groups excluding carboxylic acids is 2. The fraction of sp³-hybridized carbons (Fsp3) is 0.286. The number of rotatable bonds is 7. The summed E-state index contributed by atoms with van der Waals surface area (Å²) in [6, 6.07) is 16.0. The predicted molar refractivity (Wildman–Crippen MR) is 105 cm³/mol. The number of hydrogen-bond donors (Lipinski definition) is 3. The van der Waals surface area contributed by atoms with Gasteiger partial charge >= 0.3 is 6.03 Å². The first-order valence-electron chi connectivity index (χ1n) is 8.83. The van der Waals surface area contributed by atoms with Crippen LogP contribution in [0.3, 0.4) is 0 Å². The molecule has 0 spiro atoms. The number of carbonyl (C=O) groups is 2. The van der Waals surface area contributed by atoms with Crippen LogP contribution in [0.2, 0.25) is 0 Å². The second-order valence-corrected chi connectivity index (χ2v) is 6.31. The molecular weight excluding hydrogens is 340 g/mol. The lowest BCUT2D eigenvalue weighted by Crippen LogP contribution is -2.49. The summed E-state index contributed by atoms with van der Waals surface area (Å²) in [5.74, 6) is -0.314. The van der Waals surface area contributed by atoms with Crippen LogP contribution in [-0.4, -0.2) is 24.5 Å². The molecule has 0 aliphatic heterocycles. The Hall–Kier alpha value is -3.33. The normalized spacial score (nSPS) is 11.1. The molecule has 1 atom stereocenters. The number of aryl methyl sites for hydroxylation is 2. The molecule has 0 aromatic heterocycles. The lowest BCUT2D eigenvalue weighted by Gasteiger charge is -2.20. The maximum absolute atomic E-state index is 12.5. The van der Waals surface area contributed by atoms with E-state index >= 15 is 0 Å². The van der Waals surface area contributed by atoms with E-state index in [1.807, 2.05) is 68.4 Å². The monoisotopic (exact) mass is 364 g/mol. The highest BCUT2D eigenvalue weighted by Crippen LogP contribution is 2.19. The van der Waals surface area contributed by atoms with Gasteiger partial charge in [0.1, 0.15) is 6.04 Å². The molecule has 0 fully saturated rings. The van der Waals surface area contributed by atoms with Crippen molar-refractivity contribution in [3.63, 3.8) is 0 Å². The van der Waals surface area contributed by atoms with Gasteiger partial charge in [-0.1, -0.05) is 48.5 Å². The number of benzene rings is 2. The zero-order chi connectivity index (χ0) is 19.6. The summed E-state index contributed by atoms with van der Waals surface area (Å²) in [7, 11) is 0. The van der Waals surface area contributed by atoms with E-state index in [0.717, 1.165) is 22.4 Å². The Labute approximate surface area is 159 Å². The first-order valence-corrected chi connectivity index (χ1v) is 8.83. The number of hydrogen-bond acceptors (Lipinski definition) is 3. The summed E-state index contributed by atoms with van der Waals surface area (Å²) in [4.78, 5) is 25.0. The van der Waals surface area contributed by atoms with Gasteiger partial charge in [-0.3, -0.25) is 4.79 Å². The highest BCUT2D eigenvalue weighted by atomic mass is 16.2. The lowest BCUT2D eigenvalue weighted by molar-refractivity contribution is -0.122. The van der Waals surface area contributed by atoms with Crippen molar-refractivity contribution < 1.29 is 9.59 Å². The zero-order valence-electron chi connectivity index (χ0n) is 15.6. The third-order valence-electron chi connectivity index (χ3n) is 4.16. The second kappa shape index (κ2) is 9.97. The Bertz CT molecular complexity index is 808. The summed E-state index contributed by atoms with van der Waals surface area (Å²) in [5.41, 5.74) is 3.56. The topological polar surface area (TPSA) is 94.0 Å². The van der Waals surface area contributed by atoms with Crippen LogP contribution < -0.4 is 16.0 Å². The van der Waals surface area contributed by atoms with E-state index in [2.05, 4.69) is 16.0 Å². The van der Waals surface area contributed by atoms with Gasteiger partial charge in [-0.15, -0.1) is 0 Å². The van der Waals surface area contributed by atoms with Gasteiger partial charge in [0.05, 0.1) is 12.5 Å². The Balaban J connectivity index is 2.09. The van der Waals surface area contributed by atoms with Crippen LogP contribution in [0.4, 0.5) is 10.5 Å². The Morgan fingerprint density at radius 1 is 1.04 bits per heavy atom. The molecule has 140 valence electrons. The van der Waals surface area contributed by atoms with E-state index in [9.17, 15) is 9.59 Å². The lowest BCUT2D eigenvalue weighted by atomic mass is 10.1. The first-order chi connectivity index (χ1) is 13.0. The molecule has 0 aliphatic carbocycles. The highest BCUT2D eigenvalue weighted by Gasteiger charge is 2.21. The van der Waals surface area contributed by atoms with E-state index in [-0.39, 0.29) is 18.9 Å². The summed E-state index contributed by atoms with van der Waals surface area (Å²) in [5, 5.41) is 16.9. The molecule has 1 unspecified atom stereocenters. The van der Waals surface area contributed by atoms with Gasteiger partial charge in [0.2, 0.25) is 5.91 Å². The van der Waals surface area contributed by atoms with Crippen molar-refractivity contribution in [2.75, 3.05) is 11.9 Å². The molecule has 3 N–H and O–H groups in total. The molecule has 2 rings (SSSR count). The van der Waals surface area contributed by atoms with Crippen molar-refractivity contribution in [3.05, 3.63) is 65.2 Å². The van der Waals surface area contributed by atoms with Gasteiger partial charge in [-0.2, -0.15) is 5.26 Å². The van der Waals surface area contributed by atoms with Gasteiger partial charge in [-0.25, -0.2) is 4.79 Å². The third-order valence-corrected chi connectivity index (χ3v) is 4.16. The predicted octanol–water partition coefficient (Wildman–Crippen LogP) is 3.07. The molecule has 2 aromatic carbocycles. The van der Waals surface area contributed by atoms with E-state index in [1.165, 1.54) is 0 Å². The maximum atomic E-state index is 12.5. The number of para-hydroxylation sites is 1. The molecule has 3 amide bonds. The molecule has 0 aliphatic rings. The Morgan fingerprint density at radius 2 is 1.70 bits per heavy atom. The summed E-state index contributed by atoms with van der Waals surface area (Å²) < 4.78 is 0. The molecule has 6 heteroatoms.